The minimum absolute atomic E-state index is 0.0185. The van der Waals surface area contributed by atoms with Gasteiger partial charge in [-0.25, -0.2) is 4.39 Å². The molecule has 10 heavy (non-hydrogen) atoms. The van der Waals surface area contributed by atoms with Crippen LogP contribution in [0.15, 0.2) is 0 Å². The first-order valence-corrected chi connectivity index (χ1v) is 4.51. The maximum absolute atomic E-state index is 13.0. The van der Waals surface area contributed by atoms with Crippen molar-refractivity contribution in [3.8, 4) is 0 Å². The smallest absolute Gasteiger partial charge is 0.115 e. The largest absolute Gasteiger partial charge is 0.395 e. The van der Waals surface area contributed by atoms with Gasteiger partial charge >= 0.3 is 0 Å². The lowest BCUT2D eigenvalue weighted by molar-refractivity contribution is 0.211. The van der Waals surface area contributed by atoms with Crippen LogP contribution in [-0.2, 0) is 0 Å². The lowest BCUT2D eigenvalue weighted by Gasteiger charge is -2.11. The second-order valence-electron chi connectivity index (χ2n) is 2.87. The summed E-state index contributed by atoms with van der Waals surface area (Å²) < 4.78 is 13.0. The summed E-state index contributed by atoms with van der Waals surface area (Å²) in [6, 6.07) is 0. The van der Waals surface area contributed by atoms with Crippen molar-refractivity contribution in [3.05, 3.63) is 0 Å². The van der Waals surface area contributed by atoms with E-state index in [1.165, 1.54) is 0 Å². The number of hydrogen-bond acceptors (Lipinski definition) is 2. The van der Waals surface area contributed by atoms with Crippen LogP contribution in [0.5, 0.6) is 0 Å². The summed E-state index contributed by atoms with van der Waals surface area (Å²) in [5.74, 6) is 0.0185. The van der Waals surface area contributed by atoms with E-state index in [4.69, 9.17) is 5.11 Å². The average Bonchev–Trinajstić information content (AvgIpc) is 2.17. The number of thioether (sulfide) groups is 1. The molecule has 0 aromatic rings. The Morgan fingerprint density at radius 2 is 2.10 bits per heavy atom. The molecule has 1 aliphatic rings. The summed E-state index contributed by atoms with van der Waals surface area (Å²) >= 11 is 1.56. The van der Waals surface area contributed by atoms with Gasteiger partial charge in [0.2, 0.25) is 0 Å². The molecule has 3 heteroatoms. The Morgan fingerprint density at radius 1 is 1.50 bits per heavy atom. The van der Waals surface area contributed by atoms with Crippen molar-refractivity contribution in [2.45, 2.75) is 30.5 Å². The highest BCUT2D eigenvalue weighted by atomic mass is 32.2. The summed E-state index contributed by atoms with van der Waals surface area (Å²) in [6.07, 6.45) is -0.734. The zero-order chi connectivity index (χ0) is 7.72. The maximum Gasteiger partial charge on any atom is 0.115 e. The lowest BCUT2D eigenvalue weighted by Crippen LogP contribution is -2.20. The minimum atomic E-state index is -0.734. The molecule has 1 heterocycles. The van der Waals surface area contributed by atoms with Crippen molar-refractivity contribution in [2.75, 3.05) is 6.61 Å². The van der Waals surface area contributed by atoms with Crippen molar-refractivity contribution < 1.29 is 9.50 Å². The van der Waals surface area contributed by atoms with E-state index in [1.54, 1.807) is 11.8 Å². The van der Waals surface area contributed by atoms with Gasteiger partial charge in [-0.1, -0.05) is 13.8 Å². The van der Waals surface area contributed by atoms with Crippen LogP contribution in [0, 0.1) is 5.92 Å². The van der Waals surface area contributed by atoms with Gasteiger partial charge in [0.15, 0.2) is 0 Å². The molecule has 4 atom stereocenters. The number of hydrogen-bond donors (Lipinski definition) is 1. The molecule has 0 aromatic heterocycles. The van der Waals surface area contributed by atoms with Crippen molar-refractivity contribution in [1.29, 1.82) is 0 Å². The molecule has 1 aliphatic heterocycles. The first kappa shape index (κ1) is 8.34. The molecule has 0 radical (unpaired) electrons. The van der Waals surface area contributed by atoms with Crippen LogP contribution < -0.4 is 0 Å². The molecule has 1 N–H and O–H groups in total. The second kappa shape index (κ2) is 3.09. The van der Waals surface area contributed by atoms with Crippen LogP contribution in [0.25, 0.3) is 0 Å². The molecule has 1 fully saturated rings. The molecule has 1 rings (SSSR count). The van der Waals surface area contributed by atoms with Gasteiger partial charge in [0.1, 0.15) is 6.17 Å². The molecule has 1 saturated heterocycles. The topological polar surface area (TPSA) is 20.2 Å². The van der Waals surface area contributed by atoms with Crippen molar-refractivity contribution in [1.82, 2.24) is 0 Å². The number of alkyl halides is 1. The zero-order valence-corrected chi connectivity index (χ0v) is 7.07. The highest BCUT2D eigenvalue weighted by molar-refractivity contribution is 8.00. The Hall–Kier alpha value is 0.240. The second-order valence-corrected chi connectivity index (χ2v) is 4.49. The number of halogens is 1. The van der Waals surface area contributed by atoms with Crippen LogP contribution in [0.3, 0.4) is 0 Å². The SMILES string of the molecule is C[C@H]1[C@@H](F)[C@H](C)S[C@@H]1CO. The Balaban J connectivity index is 2.53. The molecule has 60 valence electrons. The molecule has 0 amide bonds. The molecular formula is C7H13FOS. The fourth-order valence-corrected chi connectivity index (χ4v) is 2.75. The predicted molar refractivity (Wildman–Crippen MR) is 42.0 cm³/mol. The fraction of sp³-hybridized carbons (Fsp3) is 1.00. The zero-order valence-electron chi connectivity index (χ0n) is 6.25. The Bertz CT molecular complexity index is 120. The van der Waals surface area contributed by atoms with Crippen LogP contribution >= 0.6 is 11.8 Å². The monoisotopic (exact) mass is 164 g/mol. The molecule has 1 nitrogen and oxygen atoms in total. The number of rotatable bonds is 1. The van der Waals surface area contributed by atoms with Gasteiger partial charge in [0, 0.05) is 16.4 Å². The fourth-order valence-electron chi connectivity index (χ4n) is 1.32. The molecule has 0 spiro atoms. The highest BCUT2D eigenvalue weighted by Gasteiger charge is 2.38. The van der Waals surface area contributed by atoms with E-state index in [9.17, 15) is 4.39 Å². The van der Waals surface area contributed by atoms with Crippen LogP contribution in [0.2, 0.25) is 0 Å². The summed E-state index contributed by atoms with van der Waals surface area (Å²) in [6.45, 7) is 3.85. The van der Waals surface area contributed by atoms with Crippen molar-refractivity contribution in [2.24, 2.45) is 5.92 Å². The third-order valence-corrected chi connectivity index (χ3v) is 3.72. The summed E-state index contributed by atoms with van der Waals surface area (Å²) in [5, 5.41) is 8.96. The van der Waals surface area contributed by atoms with E-state index in [1.807, 2.05) is 13.8 Å². The van der Waals surface area contributed by atoms with E-state index in [-0.39, 0.29) is 23.0 Å². The van der Waals surface area contributed by atoms with E-state index in [0.29, 0.717) is 0 Å². The van der Waals surface area contributed by atoms with Gasteiger partial charge in [-0.15, -0.1) is 11.8 Å². The highest BCUT2D eigenvalue weighted by Crippen LogP contribution is 2.39. The summed E-state index contributed by atoms with van der Waals surface area (Å²) in [7, 11) is 0. The van der Waals surface area contributed by atoms with E-state index in [0.717, 1.165) is 0 Å². The number of aliphatic hydroxyl groups is 1. The van der Waals surface area contributed by atoms with Crippen LogP contribution in [0.1, 0.15) is 13.8 Å². The molecule has 0 aromatic carbocycles. The molecule has 0 aliphatic carbocycles. The van der Waals surface area contributed by atoms with E-state index >= 15 is 0 Å². The third kappa shape index (κ3) is 1.30. The van der Waals surface area contributed by atoms with Gasteiger partial charge < -0.3 is 5.11 Å². The lowest BCUT2D eigenvalue weighted by atomic mass is 10.0. The van der Waals surface area contributed by atoms with Gasteiger partial charge in [-0.2, -0.15) is 0 Å². The molecule has 0 bridgehead atoms. The third-order valence-electron chi connectivity index (χ3n) is 2.11. The Morgan fingerprint density at radius 3 is 2.30 bits per heavy atom. The first-order valence-electron chi connectivity index (χ1n) is 3.57. The average molecular weight is 164 g/mol. The predicted octanol–water partition coefficient (Wildman–Crippen LogP) is 1.46. The van der Waals surface area contributed by atoms with Crippen molar-refractivity contribution >= 4 is 11.8 Å². The van der Waals surface area contributed by atoms with Crippen molar-refractivity contribution in [3.63, 3.8) is 0 Å². The summed E-state index contributed by atoms with van der Waals surface area (Å²) in [4.78, 5) is 0. The normalized spacial score (nSPS) is 48.0. The maximum atomic E-state index is 13.0. The van der Waals surface area contributed by atoms with Gasteiger partial charge in [-0.05, 0) is 0 Å². The van der Waals surface area contributed by atoms with Gasteiger partial charge in [0.25, 0.3) is 0 Å². The quantitative estimate of drug-likeness (QED) is 0.633. The Kier molecular flexibility index (Phi) is 2.58. The van der Waals surface area contributed by atoms with Crippen LogP contribution in [-0.4, -0.2) is 28.4 Å². The van der Waals surface area contributed by atoms with Gasteiger partial charge in [-0.3, -0.25) is 0 Å². The van der Waals surface area contributed by atoms with Crippen LogP contribution in [0.4, 0.5) is 4.39 Å². The van der Waals surface area contributed by atoms with E-state index in [2.05, 4.69) is 0 Å². The Labute approximate surface area is 65.0 Å². The molecular weight excluding hydrogens is 151 g/mol. The van der Waals surface area contributed by atoms with E-state index < -0.39 is 6.17 Å². The summed E-state index contributed by atoms with van der Waals surface area (Å²) in [5.41, 5.74) is 0. The van der Waals surface area contributed by atoms with Gasteiger partial charge in [0.05, 0.1) is 6.61 Å². The standard InChI is InChI=1S/C7H13FOS/c1-4-6(3-9)10-5(2)7(4)8/h4-7,9H,3H2,1-2H3/t4-,5+,6-,7-/m1/s1. The molecule has 0 unspecified atom stereocenters. The number of aliphatic hydroxyl groups excluding tert-OH is 1. The minimum Gasteiger partial charge on any atom is -0.395 e. The first-order chi connectivity index (χ1) is 4.66. The molecule has 0 saturated carbocycles.